The number of thioether (sulfide) groups is 1. The first-order valence-electron chi connectivity index (χ1n) is 8.11. The van der Waals surface area contributed by atoms with Crippen LogP contribution in [0.3, 0.4) is 0 Å². The summed E-state index contributed by atoms with van der Waals surface area (Å²) in [5, 5.41) is 2.96. The highest BCUT2D eigenvalue weighted by molar-refractivity contribution is 7.99. The van der Waals surface area contributed by atoms with E-state index in [1.54, 1.807) is 11.8 Å². The minimum Gasteiger partial charge on any atom is -0.369 e. The Hall–Kier alpha value is -1.53. The fourth-order valence-electron chi connectivity index (χ4n) is 2.64. The molecule has 0 atom stereocenters. The molecule has 126 valence electrons. The molecule has 1 heterocycles. The molecular weight excluding hydrogens is 310 g/mol. The van der Waals surface area contributed by atoms with Crippen molar-refractivity contribution >= 4 is 23.6 Å². The van der Waals surface area contributed by atoms with Crippen LogP contribution in [0.2, 0.25) is 0 Å². The number of benzene rings is 1. The number of primary amides is 1. The highest BCUT2D eigenvalue weighted by atomic mass is 32.2. The smallest absolute Gasteiger partial charge is 0.234 e. The number of amides is 2. The SMILES string of the molecule is NC(=O)C1CCN(CC(=O)NCCCSc2ccccc2)CC1. The lowest BCUT2D eigenvalue weighted by Gasteiger charge is -2.29. The topological polar surface area (TPSA) is 75.4 Å². The molecule has 0 bridgehead atoms. The summed E-state index contributed by atoms with van der Waals surface area (Å²) < 4.78 is 0. The van der Waals surface area contributed by atoms with E-state index in [-0.39, 0.29) is 17.7 Å². The predicted octanol–water partition coefficient (Wildman–Crippen LogP) is 1.48. The molecule has 0 spiro atoms. The maximum Gasteiger partial charge on any atom is 0.234 e. The van der Waals surface area contributed by atoms with Gasteiger partial charge in [0, 0.05) is 17.4 Å². The Bertz CT molecular complexity index is 502. The van der Waals surface area contributed by atoms with E-state index in [9.17, 15) is 9.59 Å². The van der Waals surface area contributed by atoms with E-state index < -0.39 is 0 Å². The predicted molar refractivity (Wildman–Crippen MR) is 93.2 cm³/mol. The first-order chi connectivity index (χ1) is 11.1. The fourth-order valence-corrected chi connectivity index (χ4v) is 3.52. The normalized spacial score (nSPS) is 16.2. The maximum absolute atomic E-state index is 11.9. The van der Waals surface area contributed by atoms with E-state index in [2.05, 4.69) is 22.3 Å². The molecule has 0 unspecified atom stereocenters. The number of rotatable bonds is 8. The number of hydrogen-bond acceptors (Lipinski definition) is 4. The van der Waals surface area contributed by atoms with Crippen molar-refractivity contribution in [3.8, 4) is 0 Å². The van der Waals surface area contributed by atoms with Gasteiger partial charge in [-0.05, 0) is 50.2 Å². The Labute approximate surface area is 142 Å². The van der Waals surface area contributed by atoms with E-state index in [0.717, 1.165) is 38.1 Å². The van der Waals surface area contributed by atoms with Crippen LogP contribution in [0.25, 0.3) is 0 Å². The molecule has 1 aromatic rings. The fraction of sp³-hybridized carbons (Fsp3) is 0.529. The number of piperidine rings is 1. The maximum atomic E-state index is 11.9. The van der Waals surface area contributed by atoms with Crippen molar-refractivity contribution in [2.45, 2.75) is 24.2 Å². The monoisotopic (exact) mass is 335 g/mol. The number of carbonyl (C=O) groups excluding carboxylic acids is 2. The Balaban J connectivity index is 1.53. The summed E-state index contributed by atoms with van der Waals surface area (Å²) in [7, 11) is 0. The molecule has 2 amide bonds. The largest absolute Gasteiger partial charge is 0.369 e. The molecule has 1 aliphatic rings. The van der Waals surface area contributed by atoms with Crippen LogP contribution in [0.15, 0.2) is 35.2 Å². The van der Waals surface area contributed by atoms with Crippen LogP contribution in [-0.4, -0.2) is 48.6 Å². The first-order valence-corrected chi connectivity index (χ1v) is 9.10. The van der Waals surface area contributed by atoms with Crippen LogP contribution in [0.4, 0.5) is 0 Å². The van der Waals surface area contributed by atoms with E-state index >= 15 is 0 Å². The van der Waals surface area contributed by atoms with Gasteiger partial charge in [0.1, 0.15) is 0 Å². The molecule has 3 N–H and O–H groups in total. The number of nitrogens with two attached hydrogens (primary N) is 1. The zero-order chi connectivity index (χ0) is 16.5. The minimum atomic E-state index is -0.218. The second-order valence-corrected chi connectivity index (χ2v) is 6.99. The second-order valence-electron chi connectivity index (χ2n) is 5.82. The van der Waals surface area contributed by atoms with Gasteiger partial charge >= 0.3 is 0 Å². The Morgan fingerprint density at radius 1 is 1.22 bits per heavy atom. The first kappa shape index (κ1) is 17.8. The van der Waals surface area contributed by atoms with Crippen LogP contribution < -0.4 is 11.1 Å². The summed E-state index contributed by atoms with van der Waals surface area (Å²) in [5.41, 5.74) is 5.31. The molecule has 1 fully saturated rings. The third-order valence-electron chi connectivity index (χ3n) is 4.01. The molecule has 0 aromatic heterocycles. The third kappa shape index (κ3) is 6.62. The van der Waals surface area contributed by atoms with Gasteiger partial charge in [-0.3, -0.25) is 14.5 Å². The van der Waals surface area contributed by atoms with E-state index in [0.29, 0.717) is 13.1 Å². The van der Waals surface area contributed by atoms with Crippen LogP contribution >= 0.6 is 11.8 Å². The number of likely N-dealkylation sites (tertiary alicyclic amines) is 1. The summed E-state index contributed by atoms with van der Waals surface area (Å²) in [6.45, 7) is 2.66. The summed E-state index contributed by atoms with van der Waals surface area (Å²) in [6, 6.07) is 10.3. The van der Waals surface area contributed by atoms with Gasteiger partial charge in [-0.15, -0.1) is 11.8 Å². The zero-order valence-electron chi connectivity index (χ0n) is 13.4. The standard InChI is InChI=1S/C17H25N3O2S/c18-17(22)14-7-10-20(11-8-14)13-16(21)19-9-4-12-23-15-5-2-1-3-6-15/h1-3,5-6,14H,4,7-13H2,(H2,18,22)(H,19,21). The lowest BCUT2D eigenvalue weighted by atomic mass is 9.96. The molecule has 2 rings (SSSR count). The number of hydrogen-bond donors (Lipinski definition) is 2. The average molecular weight is 335 g/mol. The summed E-state index contributed by atoms with van der Waals surface area (Å²) >= 11 is 1.81. The van der Waals surface area contributed by atoms with Crippen LogP contribution in [0, 0.1) is 5.92 Å². The summed E-state index contributed by atoms with van der Waals surface area (Å²) in [6.07, 6.45) is 2.47. The van der Waals surface area contributed by atoms with Crippen molar-refractivity contribution in [3.05, 3.63) is 30.3 Å². The number of nitrogens with zero attached hydrogens (tertiary/aromatic N) is 1. The quantitative estimate of drug-likeness (QED) is 0.557. The average Bonchev–Trinajstić information content (AvgIpc) is 2.56. The van der Waals surface area contributed by atoms with E-state index in [4.69, 9.17) is 5.73 Å². The van der Waals surface area contributed by atoms with Gasteiger partial charge in [-0.2, -0.15) is 0 Å². The van der Waals surface area contributed by atoms with Gasteiger partial charge in [0.05, 0.1) is 6.54 Å². The van der Waals surface area contributed by atoms with Crippen molar-refractivity contribution in [2.24, 2.45) is 11.7 Å². The van der Waals surface area contributed by atoms with Gasteiger partial charge in [-0.25, -0.2) is 0 Å². The van der Waals surface area contributed by atoms with E-state index in [1.165, 1.54) is 4.90 Å². The molecule has 1 aromatic carbocycles. The van der Waals surface area contributed by atoms with Gasteiger partial charge in [0.15, 0.2) is 0 Å². The molecule has 0 aliphatic carbocycles. The molecule has 1 saturated heterocycles. The lowest BCUT2D eigenvalue weighted by Crippen LogP contribution is -2.43. The third-order valence-corrected chi connectivity index (χ3v) is 5.11. The van der Waals surface area contributed by atoms with Crippen molar-refractivity contribution in [1.82, 2.24) is 10.2 Å². The molecule has 6 heteroatoms. The lowest BCUT2D eigenvalue weighted by molar-refractivity contribution is -0.124. The molecule has 5 nitrogen and oxygen atoms in total. The van der Waals surface area contributed by atoms with Crippen LogP contribution in [0.1, 0.15) is 19.3 Å². The Morgan fingerprint density at radius 2 is 1.91 bits per heavy atom. The minimum absolute atomic E-state index is 0.0238. The van der Waals surface area contributed by atoms with Gasteiger partial charge in [0.2, 0.25) is 11.8 Å². The molecule has 1 aliphatic heterocycles. The van der Waals surface area contributed by atoms with Crippen LogP contribution in [-0.2, 0) is 9.59 Å². The molecule has 0 radical (unpaired) electrons. The summed E-state index contributed by atoms with van der Waals surface area (Å²) in [5.74, 6) is 0.815. The Morgan fingerprint density at radius 3 is 2.57 bits per heavy atom. The zero-order valence-corrected chi connectivity index (χ0v) is 14.2. The molecule has 23 heavy (non-hydrogen) atoms. The highest BCUT2D eigenvalue weighted by Crippen LogP contribution is 2.17. The van der Waals surface area contributed by atoms with Gasteiger partial charge in [0.25, 0.3) is 0 Å². The van der Waals surface area contributed by atoms with Crippen LogP contribution in [0.5, 0.6) is 0 Å². The summed E-state index contributed by atoms with van der Waals surface area (Å²) in [4.78, 5) is 26.4. The number of nitrogens with one attached hydrogen (secondary N) is 1. The van der Waals surface area contributed by atoms with Gasteiger partial charge in [-0.1, -0.05) is 18.2 Å². The van der Waals surface area contributed by atoms with E-state index in [1.807, 2.05) is 18.2 Å². The number of carbonyl (C=O) groups is 2. The van der Waals surface area contributed by atoms with Crippen molar-refractivity contribution in [1.29, 1.82) is 0 Å². The highest BCUT2D eigenvalue weighted by Gasteiger charge is 2.23. The molecular formula is C17H25N3O2S. The van der Waals surface area contributed by atoms with Crippen molar-refractivity contribution in [3.63, 3.8) is 0 Å². The van der Waals surface area contributed by atoms with Gasteiger partial charge < -0.3 is 11.1 Å². The Kier molecular flexibility index (Phi) is 7.42. The molecule has 0 saturated carbocycles. The van der Waals surface area contributed by atoms with Crippen molar-refractivity contribution < 1.29 is 9.59 Å². The van der Waals surface area contributed by atoms with Crippen molar-refractivity contribution in [2.75, 3.05) is 31.9 Å². The second kappa shape index (κ2) is 9.57.